The first-order valence-corrected chi connectivity index (χ1v) is 12.2. The Morgan fingerprint density at radius 3 is 2.82 bits per heavy atom. The summed E-state index contributed by atoms with van der Waals surface area (Å²) >= 11 is 0. The number of rotatable bonds is 5. The predicted molar refractivity (Wildman–Crippen MR) is 126 cm³/mol. The minimum atomic E-state index is -2.73. The van der Waals surface area contributed by atoms with E-state index in [9.17, 15) is 37.1 Å². The van der Waals surface area contributed by atoms with Crippen molar-refractivity contribution in [2.75, 3.05) is 13.2 Å². The summed E-state index contributed by atoms with van der Waals surface area (Å²) in [5.41, 5.74) is -3.21. The highest BCUT2D eigenvalue weighted by Gasteiger charge is 2.54. The summed E-state index contributed by atoms with van der Waals surface area (Å²) in [6, 6.07) is 1.70. The maximum atomic E-state index is 14.0. The molecule has 3 aliphatic rings. The molecule has 5 rings (SSSR count). The summed E-state index contributed by atoms with van der Waals surface area (Å²) in [5.74, 6) is -4.30. The summed E-state index contributed by atoms with van der Waals surface area (Å²) in [6.07, 6.45) is -0.863. The van der Waals surface area contributed by atoms with Crippen molar-refractivity contribution in [3.63, 3.8) is 0 Å². The molecule has 1 saturated heterocycles. The molecule has 3 unspecified atom stereocenters. The van der Waals surface area contributed by atoms with Gasteiger partial charge in [-0.25, -0.2) is 17.6 Å². The van der Waals surface area contributed by atoms with Crippen LogP contribution >= 0.6 is 0 Å². The SMILES string of the molecule is CC1CCC2(CC(OCC(F)F)=NO2)C2CN1C(=O)c1c(O)c(=O)c(C(=O)NCc3ccc(F)cc3F)cn12. The van der Waals surface area contributed by atoms with Crippen LogP contribution in [0.25, 0.3) is 0 Å². The fraction of sp³-hybridized carbons (Fsp3) is 0.440. The Kier molecular flexibility index (Phi) is 6.72. The van der Waals surface area contributed by atoms with E-state index in [2.05, 4.69) is 10.5 Å². The smallest absolute Gasteiger partial charge is 0.274 e. The fourth-order valence-corrected chi connectivity index (χ4v) is 5.26. The molecule has 0 radical (unpaired) electrons. The first kappa shape index (κ1) is 26.5. The molecular formula is C25H24F4N4O6. The van der Waals surface area contributed by atoms with E-state index in [-0.39, 0.29) is 42.7 Å². The van der Waals surface area contributed by atoms with Gasteiger partial charge in [-0.3, -0.25) is 14.4 Å². The van der Waals surface area contributed by atoms with E-state index in [0.717, 1.165) is 18.3 Å². The first-order valence-electron chi connectivity index (χ1n) is 12.2. The van der Waals surface area contributed by atoms with Crippen molar-refractivity contribution in [1.29, 1.82) is 0 Å². The van der Waals surface area contributed by atoms with Crippen LogP contribution in [0.4, 0.5) is 17.6 Å². The molecule has 1 fully saturated rings. The van der Waals surface area contributed by atoms with Gasteiger partial charge in [-0.15, -0.1) is 0 Å². The van der Waals surface area contributed by atoms with Gasteiger partial charge in [0.15, 0.2) is 23.7 Å². The number of pyridine rings is 1. The number of hydrogen-bond acceptors (Lipinski definition) is 7. The van der Waals surface area contributed by atoms with Crippen molar-refractivity contribution < 1.29 is 41.8 Å². The second kappa shape index (κ2) is 9.89. The molecule has 39 heavy (non-hydrogen) atoms. The van der Waals surface area contributed by atoms with Crippen molar-refractivity contribution in [2.45, 2.75) is 56.8 Å². The van der Waals surface area contributed by atoms with Gasteiger partial charge in [0, 0.05) is 37.0 Å². The molecule has 3 atom stereocenters. The van der Waals surface area contributed by atoms with Crippen molar-refractivity contribution in [1.82, 2.24) is 14.8 Å². The third kappa shape index (κ3) is 4.68. The zero-order valence-electron chi connectivity index (χ0n) is 20.6. The molecule has 2 bridgehead atoms. The molecule has 14 heteroatoms. The molecule has 1 aromatic heterocycles. The minimum absolute atomic E-state index is 0.0170. The van der Waals surface area contributed by atoms with Crippen LogP contribution in [0.5, 0.6) is 5.75 Å². The number of hydrogen-bond donors (Lipinski definition) is 2. The van der Waals surface area contributed by atoms with Gasteiger partial charge in [0.25, 0.3) is 18.2 Å². The molecule has 1 aromatic carbocycles. The van der Waals surface area contributed by atoms with Gasteiger partial charge >= 0.3 is 0 Å². The van der Waals surface area contributed by atoms with E-state index < -0.39 is 64.9 Å². The number of halogens is 4. The Hall–Kier alpha value is -4.10. The number of alkyl halides is 2. The average Bonchev–Trinajstić information content (AvgIpc) is 3.26. The third-order valence-electron chi connectivity index (χ3n) is 7.36. The van der Waals surface area contributed by atoms with Gasteiger partial charge in [0.2, 0.25) is 11.3 Å². The Morgan fingerprint density at radius 2 is 2.10 bits per heavy atom. The molecule has 0 aliphatic carbocycles. The lowest BCUT2D eigenvalue weighted by Crippen LogP contribution is -2.52. The monoisotopic (exact) mass is 552 g/mol. The highest BCUT2D eigenvalue weighted by Crippen LogP contribution is 2.46. The number of carbonyl (C=O) groups is 2. The highest BCUT2D eigenvalue weighted by molar-refractivity contribution is 5.99. The molecule has 2 aromatic rings. The van der Waals surface area contributed by atoms with Crippen LogP contribution in [-0.2, 0) is 16.1 Å². The molecule has 2 N–H and O–H groups in total. The van der Waals surface area contributed by atoms with E-state index >= 15 is 0 Å². The zero-order valence-corrected chi connectivity index (χ0v) is 20.6. The molecule has 2 amide bonds. The van der Waals surface area contributed by atoms with Gasteiger partial charge in [-0.05, 0) is 25.8 Å². The number of benzene rings is 1. The topological polar surface area (TPSA) is 122 Å². The van der Waals surface area contributed by atoms with Crippen molar-refractivity contribution in [3.05, 3.63) is 63.1 Å². The van der Waals surface area contributed by atoms with Gasteiger partial charge in [0.05, 0.1) is 12.5 Å². The van der Waals surface area contributed by atoms with Gasteiger partial charge in [0.1, 0.15) is 17.2 Å². The van der Waals surface area contributed by atoms with E-state index in [1.54, 1.807) is 6.92 Å². The number of carbonyl (C=O) groups excluding carboxylic acids is 2. The van der Waals surface area contributed by atoms with Crippen LogP contribution < -0.4 is 10.7 Å². The lowest BCUT2D eigenvalue weighted by molar-refractivity contribution is -0.0655. The minimum Gasteiger partial charge on any atom is -0.503 e. The number of nitrogens with one attached hydrogen (secondary N) is 1. The summed E-state index contributed by atoms with van der Waals surface area (Å²) in [7, 11) is 0. The fourth-order valence-electron chi connectivity index (χ4n) is 5.26. The lowest BCUT2D eigenvalue weighted by Gasteiger charge is -2.41. The van der Waals surface area contributed by atoms with Gasteiger partial charge < -0.3 is 29.5 Å². The third-order valence-corrected chi connectivity index (χ3v) is 7.36. The molecule has 10 nitrogen and oxygen atoms in total. The van der Waals surface area contributed by atoms with Crippen molar-refractivity contribution in [3.8, 4) is 5.75 Å². The Bertz CT molecular complexity index is 1430. The molecule has 4 heterocycles. The predicted octanol–water partition coefficient (Wildman–Crippen LogP) is 2.70. The number of fused-ring (bicyclic) bond motifs is 5. The van der Waals surface area contributed by atoms with Crippen LogP contribution in [-0.4, -0.2) is 63.5 Å². The van der Waals surface area contributed by atoms with Crippen LogP contribution in [0.2, 0.25) is 0 Å². The Labute approximate surface area is 218 Å². The van der Waals surface area contributed by atoms with Crippen LogP contribution in [0.1, 0.15) is 58.6 Å². The summed E-state index contributed by atoms with van der Waals surface area (Å²) < 4.78 is 58.9. The van der Waals surface area contributed by atoms with E-state index in [1.807, 2.05) is 0 Å². The van der Waals surface area contributed by atoms with E-state index in [1.165, 1.54) is 9.47 Å². The van der Waals surface area contributed by atoms with Crippen LogP contribution in [0.3, 0.4) is 0 Å². The average molecular weight is 552 g/mol. The normalized spacial score (nSPS) is 23.8. The van der Waals surface area contributed by atoms with Gasteiger partial charge in [-0.1, -0.05) is 11.2 Å². The van der Waals surface area contributed by atoms with Gasteiger partial charge in [-0.2, -0.15) is 0 Å². The number of aromatic nitrogens is 1. The number of aromatic hydroxyl groups is 1. The second-order valence-electron chi connectivity index (χ2n) is 9.78. The molecule has 1 spiro atoms. The van der Waals surface area contributed by atoms with E-state index in [4.69, 9.17) is 9.57 Å². The summed E-state index contributed by atoms with van der Waals surface area (Å²) in [4.78, 5) is 46.5. The maximum Gasteiger partial charge on any atom is 0.274 e. The zero-order chi connectivity index (χ0) is 28.1. The highest BCUT2D eigenvalue weighted by atomic mass is 19.3. The van der Waals surface area contributed by atoms with Crippen LogP contribution in [0, 0.1) is 11.6 Å². The summed E-state index contributed by atoms with van der Waals surface area (Å²) in [5, 5.41) is 17.0. The molecule has 0 saturated carbocycles. The number of nitrogens with zero attached hydrogens (tertiary/aromatic N) is 3. The standard InChI is InChI=1S/C25H24F4N4O6/c1-12-4-5-25(7-19(31-39-25)38-11-18(28)29)17-10-32(12)24(37)20-22(35)21(34)15(9-33(17)20)23(36)30-8-13-2-3-14(26)6-16(13)27/h2-3,6,9,12,17-18,35H,4-5,7-8,10-11H2,1H3,(H,30,36). The molecular weight excluding hydrogens is 528 g/mol. The number of oxime groups is 1. The number of amides is 2. The molecule has 3 aliphatic heterocycles. The number of ether oxygens (including phenoxy) is 1. The summed E-state index contributed by atoms with van der Waals surface area (Å²) in [6.45, 7) is 0.591. The Balaban J connectivity index is 1.50. The van der Waals surface area contributed by atoms with Crippen molar-refractivity contribution >= 4 is 17.7 Å². The second-order valence-corrected chi connectivity index (χ2v) is 9.78. The molecule has 208 valence electrons. The van der Waals surface area contributed by atoms with Crippen molar-refractivity contribution in [2.24, 2.45) is 5.16 Å². The van der Waals surface area contributed by atoms with E-state index in [0.29, 0.717) is 18.9 Å². The van der Waals surface area contributed by atoms with Crippen LogP contribution in [0.15, 0.2) is 34.3 Å². The Morgan fingerprint density at radius 1 is 1.33 bits per heavy atom. The quantitative estimate of drug-likeness (QED) is 0.551. The maximum absolute atomic E-state index is 14.0. The lowest BCUT2D eigenvalue weighted by atomic mass is 9.85. The largest absolute Gasteiger partial charge is 0.503 e. The first-order chi connectivity index (χ1) is 18.5.